The zero-order valence-corrected chi connectivity index (χ0v) is 11.4. The average Bonchev–Trinajstić information content (AvgIpc) is 2.58. The van der Waals surface area contributed by atoms with Crippen molar-refractivity contribution in [2.24, 2.45) is 11.3 Å². The van der Waals surface area contributed by atoms with Gasteiger partial charge in [0.15, 0.2) is 0 Å². The van der Waals surface area contributed by atoms with Gasteiger partial charge >= 0.3 is 0 Å². The zero-order chi connectivity index (χ0) is 12.5. The molecule has 2 N–H and O–H groups in total. The lowest BCUT2D eigenvalue weighted by atomic mass is 9.70. The normalized spacial score (nSPS) is 36.9. The average molecular weight is 238 g/mol. The summed E-state index contributed by atoms with van der Waals surface area (Å²) in [5, 5.41) is 6.68. The van der Waals surface area contributed by atoms with Gasteiger partial charge in [0.2, 0.25) is 5.91 Å². The summed E-state index contributed by atoms with van der Waals surface area (Å²) in [6.07, 6.45) is 5.59. The molecule has 3 unspecified atom stereocenters. The van der Waals surface area contributed by atoms with Gasteiger partial charge in [0.05, 0.1) is 0 Å². The van der Waals surface area contributed by atoms with Crippen LogP contribution in [0.4, 0.5) is 0 Å². The molecule has 0 aromatic carbocycles. The second-order valence-electron chi connectivity index (χ2n) is 6.82. The van der Waals surface area contributed by atoms with Gasteiger partial charge in [0.25, 0.3) is 0 Å². The van der Waals surface area contributed by atoms with Gasteiger partial charge in [-0.05, 0) is 37.0 Å². The molecule has 0 bridgehead atoms. The first-order valence-electron chi connectivity index (χ1n) is 6.97. The predicted molar refractivity (Wildman–Crippen MR) is 69.8 cm³/mol. The van der Waals surface area contributed by atoms with E-state index >= 15 is 0 Å². The zero-order valence-electron chi connectivity index (χ0n) is 11.4. The summed E-state index contributed by atoms with van der Waals surface area (Å²) in [5.74, 6) is 1.03. The second kappa shape index (κ2) is 4.97. The molecule has 17 heavy (non-hydrogen) atoms. The van der Waals surface area contributed by atoms with E-state index in [2.05, 4.69) is 31.4 Å². The number of amides is 1. The monoisotopic (exact) mass is 238 g/mol. The number of nitrogens with one attached hydrogen (secondary N) is 2. The molecule has 0 aromatic heterocycles. The molecule has 3 heteroatoms. The standard InChI is InChI=1S/C14H26N2O/c1-10-6-12(8-14(2,3)7-10)15-9-11-4-5-13(17)16-11/h10-12,15H,4-9H2,1-3H3,(H,16,17). The third-order valence-electron chi connectivity index (χ3n) is 4.12. The summed E-state index contributed by atoms with van der Waals surface area (Å²) >= 11 is 0. The van der Waals surface area contributed by atoms with E-state index in [1.54, 1.807) is 0 Å². The molecule has 98 valence electrons. The highest BCUT2D eigenvalue weighted by molar-refractivity contribution is 5.78. The summed E-state index contributed by atoms with van der Waals surface area (Å²) in [7, 11) is 0. The predicted octanol–water partition coefficient (Wildman–Crippen LogP) is 2.07. The lowest BCUT2D eigenvalue weighted by molar-refractivity contribution is -0.119. The molecular formula is C14H26N2O. The first-order chi connectivity index (χ1) is 7.94. The van der Waals surface area contributed by atoms with Crippen molar-refractivity contribution in [3.8, 4) is 0 Å². The smallest absolute Gasteiger partial charge is 0.220 e. The van der Waals surface area contributed by atoms with Crippen LogP contribution in [0.25, 0.3) is 0 Å². The maximum Gasteiger partial charge on any atom is 0.220 e. The van der Waals surface area contributed by atoms with E-state index in [-0.39, 0.29) is 5.91 Å². The lowest BCUT2D eigenvalue weighted by Crippen LogP contribution is -2.45. The summed E-state index contributed by atoms with van der Waals surface area (Å²) < 4.78 is 0. The van der Waals surface area contributed by atoms with Crippen molar-refractivity contribution in [2.45, 2.75) is 65.0 Å². The molecule has 0 aromatic rings. The molecule has 1 aliphatic heterocycles. The van der Waals surface area contributed by atoms with Crippen LogP contribution in [0.2, 0.25) is 0 Å². The van der Waals surface area contributed by atoms with Crippen LogP contribution in [-0.2, 0) is 4.79 Å². The molecule has 2 aliphatic rings. The fraction of sp³-hybridized carbons (Fsp3) is 0.929. The second-order valence-corrected chi connectivity index (χ2v) is 6.82. The Hall–Kier alpha value is -0.570. The minimum absolute atomic E-state index is 0.217. The summed E-state index contributed by atoms with van der Waals surface area (Å²) in [5.41, 5.74) is 0.467. The van der Waals surface area contributed by atoms with Gasteiger partial charge in [0.1, 0.15) is 0 Å². The van der Waals surface area contributed by atoms with Crippen LogP contribution in [-0.4, -0.2) is 24.5 Å². The SMILES string of the molecule is CC1CC(NCC2CCC(=O)N2)CC(C)(C)C1. The largest absolute Gasteiger partial charge is 0.352 e. The van der Waals surface area contributed by atoms with E-state index in [0.29, 0.717) is 23.9 Å². The Balaban J connectivity index is 1.77. The van der Waals surface area contributed by atoms with Crippen LogP contribution in [0, 0.1) is 11.3 Å². The summed E-state index contributed by atoms with van der Waals surface area (Å²) in [6, 6.07) is 0.995. The Morgan fingerprint density at radius 2 is 2.18 bits per heavy atom. The first kappa shape index (κ1) is 12.9. The van der Waals surface area contributed by atoms with Gasteiger partial charge in [-0.1, -0.05) is 20.8 Å². The summed E-state index contributed by atoms with van der Waals surface area (Å²) in [6.45, 7) is 8.04. The van der Waals surface area contributed by atoms with Gasteiger partial charge < -0.3 is 10.6 Å². The topological polar surface area (TPSA) is 41.1 Å². The minimum Gasteiger partial charge on any atom is -0.352 e. The van der Waals surface area contributed by atoms with E-state index in [1.165, 1.54) is 19.3 Å². The highest BCUT2D eigenvalue weighted by Crippen LogP contribution is 2.38. The van der Waals surface area contributed by atoms with E-state index in [9.17, 15) is 4.79 Å². The molecule has 1 saturated heterocycles. The number of hydrogen-bond donors (Lipinski definition) is 2. The fourth-order valence-corrected chi connectivity index (χ4v) is 3.64. The van der Waals surface area contributed by atoms with Crippen molar-refractivity contribution >= 4 is 5.91 Å². The van der Waals surface area contributed by atoms with E-state index in [1.807, 2.05) is 0 Å². The molecule has 1 saturated carbocycles. The van der Waals surface area contributed by atoms with Crippen molar-refractivity contribution in [3.05, 3.63) is 0 Å². The molecule has 3 atom stereocenters. The highest BCUT2D eigenvalue weighted by atomic mass is 16.1. The molecule has 2 rings (SSSR count). The number of hydrogen-bond acceptors (Lipinski definition) is 2. The maximum atomic E-state index is 11.1. The van der Waals surface area contributed by atoms with Crippen LogP contribution in [0.1, 0.15) is 52.9 Å². The molecule has 1 heterocycles. The highest BCUT2D eigenvalue weighted by Gasteiger charge is 2.32. The van der Waals surface area contributed by atoms with Crippen LogP contribution < -0.4 is 10.6 Å². The Labute approximate surface area is 105 Å². The van der Waals surface area contributed by atoms with E-state index in [4.69, 9.17) is 0 Å². The first-order valence-corrected chi connectivity index (χ1v) is 6.97. The molecule has 3 nitrogen and oxygen atoms in total. The van der Waals surface area contributed by atoms with Crippen molar-refractivity contribution in [3.63, 3.8) is 0 Å². The molecule has 1 amide bonds. The minimum atomic E-state index is 0.217. The van der Waals surface area contributed by atoms with Crippen molar-refractivity contribution < 1.29 is 4.79 Å². The van der Waals surface area contributed by atoms with Gasteiger partial charge in [-0.2, -0.15) is 0 Å². The molecular weight excluding hydrogens is 212 g/mol. The quantitative estimate of drug-likeness (QED) is 0.790. The van der Waals surface area contributed by atoms with Gasteiger partial charge in [-0.3, -0.25) is 4.79 Å². The third-order valence-corrected chi connectivity index (χ3v) is 4.12. The lowest BCUT2D eigenvalue weighted by Gasteiger charge is -2.39. The molecule has 0 radical (unpaired) electrons. The van der Waals surface area contributed by atoms with Crippen LogP contribution in [0.5, 0.6) is 0 Å². The Morgan fingerprint density at radius 3 is 2.76 bits per heavy atom. The van der Waals surface area contributed by atoms with E-state index < -0.39 is 0 Å². The Bertz CT molecular complexity index is 288. The maximum absolute atomic E-state index is 11.1. The van der Waals surface area contributed by atoms with Gasteiger partial charge in [0, 0.05) is 25.0 Å². The number of carbonyl (C=O) groups excluding carboxylic acids is 1. The number of rotatable bonds is 3. The number of carbonyl (C=O) groups is 1. The molecule has 1 aliphatic carbocycles. The van der Waals surface area contributed by atoms with Gasteiger partial charge in [-0.25, -0.2) is 0 Å². The van der Waals surface area contributed by atoms with Crippen LogP contribution in [0.15, 0.2) is 0 Å². The third kappa shape index (κ3) is 3.70. The van der Waals surface area contributed by atoms with Gasteiger partial charge in [-0.15, -0.1) is 0 Å². The Kier molecular flexibility index (Phi) is 3.76. The summed E-state index contributed by atoms with van der Waals surface area (Å²) in [4.78, 5) is 11.1. The Morgan fingerprint density at radius 1 is 1.41 bits per heavy atom. The van der Waals surface area contributed by atoms with Crippen LogP contribution >= 0.6 is 0 Å². The van der Waals surface area contributed by atoms with Crippen molar-refractivity contribution in [1.29, 1.82) is 0 Å². The molecule has 2 fully saturated rings. The fourth-order valence-electron chi connectivity index (χ4n) is 3.64. The van der Waals surface area contributed by atoms with E-state index in [0.717, 1.165) is 18.9 Å². The van der Waals surface area contributed by atoms with Crippen molar-refractivity contribution in [1.82, 2.24) is 10.6 Å². The van der Waals surface area contributed by atoms with Crippen LogP contribution in [0.3, 0.4) is 0 Å². The molecule has 0 spiro atoms. The van der Waals surface area contributed by atoms with Crippen molar-refractivity contribution in [2.75, 3.05) is 6.54 Å².